The molecule has 7 heteroatoms. The fourth-order valence-electron chi connectivity index (χ4n) is 2.46. The second kappa shape index (κ2) is 6.83. The highest BCUT2D eigenvalue weighted by molar-refractivity contribution is 7.99. The van der Waals surface area contributed by atoms with Gasteiger partial charge in [0.2, 0.25) is 11.8 Å². The molecular weight excluding hydrogens is 302 g/mol. The summed E-state index contributed by atoms with van der Waals surface area (Å²) in [4.78, 5) is 11.8. The largest absolute Gasteiger partial charge is 0.508 e. The summed E-state index contributed by atoms with van der Waals surface area (Å²) in [6.07, 6.45) is 4.53. The molecule has 1 saturated carbocycles. The lowest BCUT2D eigenvalue weighted by molar-refractivity contribution is -0.119. The van der Waals surface area contributed by atoms with Crippen LogP contribution in [0.3, 0.4) is 0 Å². The predicted molar refractivity (Wildman–Crippen MR) is 82.5 cm³/mol. The average Bonchev–Trinajstić information content (AvgIpc) is 3.17. The van der Waals surface area contributed by atoms with E-state index in [1.807, 2.05) is 0 Å². The van der Waals surface area contributed by atoms with Crippen LogP contribution in [0.1, 0.15) is 25.7 Å². The van der Waals surface area contributed by atoms with Crippen LogP contribution in [0.5, 0.6) is 5.75 Å². The minimum atomic E-state index is 0.00119. The van der Waals surface area contributed by atoms with Crippen molar-refractivity contribution in [1.82, 2.24) is 15.5 Å². The van der Waals surface area contributed by atoms with Gasteiger partial charge in [-0.3, -0.25) is 4.79 Å². The van der Waals surface area contributed by atoms with Gasteiger partial charge in [0.1, 0.15) is 5.75 Å². The fraction of sp³-hybridized carbons (Fsp3) is 0.400. The number of carbonyl (C=O) groups excluding carboxylic acids is 1. The number of thioether (sulfide) groups is 1. The standard InChI is InChI=1S/C15H17N3O3S/c19-12-7-5-10(6-8-12)14-17-18-15(21-14)22-9-13(20)16-11-3-1-2-4-11/h5-8,11,19H,1-4,9H2,(H,16,20). The maximum atomic E-state index is 11.8. The second-order valence-electron chi connectivity index (χ2n) is 5.26. The van der Waals surface area contributed by atoms with Crippen LogP contribution >= 0.6 is 11.8 Å². The molecule has 0 spiro atoms. The second-order valence-corrected chi connectivity index (χ2v) is 6.18. The van der Waals surface area contributed by atoms with Gasteiger partial charge < -0.3 is 14.8 Å². The molecule has 22 heavy (non-hydrogen) atoms. The monoisotopic (exact) mass is 319 g/mol. The summed E-state index contributed by atoms with van der Waals surface area (Å²) in [5.74, 6) is 0.828. The third-order valence-corrected chi connectivity index (χ3v) is 4.39. The van der Waals surface area contributed by atoms with E-state index >= 15 is 0 Å². The summed E-state index contributed by atoms with van der Waals surface area (Å²) in [6, 6.07) is 6.83. The van der Waals surface area contributed by atoms with E-state index in [1.165, 1.54) is 24.6 Å². The van der Waals surface area contributed by atoms with Crippen molar-refractivity contribution in [3.63, 3.8) is 0 Å². The zero-order valence-corrected chi connectivity index (χ0v) is 12.8. The number of amides is 1. The Kier molecular flexibility index (Phi) is 4.62. The first-order valence-electron chi connectivity index (χ1n) is 7.26. The number of phenols is 1. The molecule has 0 radical (unpaired) electrons. The Hall–Kier alpha value is -2.02. The van der Waals surface area contributed by atoms with Crippen LogP contribution in [-0.4, -0.2) is 33.0 Å². The molecule has 1 fully saturated rings. The lowest BCUT2D eigenvalue weighted by Crippen LogP contribution is -2.33. The van der Waals surface area contributed by atoms with E-state index < -0.39 is 0 Å². The number of carbonyl (C=O) groups is 1. The van der Waals surface area contributed by atoms with Crippen molar-refractivity contribution < 1.29 is 14.3 Å². The van der Waals surface area contributed by atoms with Gasteiger partial charge in [0.15, 0.2) is 0 Å². The topological polar surface area (TPSA) is 88.2 Å². The molecule has 0 saturated heterocycles. The van der Waals surface area contributed by atoms with Gasteiger partial charge in [0, 0.05) is 11.6 Å². The van der Waals surface area contributed by atoms with Gasteiger partial charge in [-0.15, -0.1) is 10.2 Å². The Morgan fingerprint density at radius 3 is 2.73 bits per heavy atom. The molecule has 6 nitrogen and oxygen atoms in total. The Balaban J connectivity index is 1.53. The molecule has 2 aromatic rings. The van der Waals surface area contributed by atoms with Gasteiger partial charge in [0.05, 0.1) is 5.75 Å². The molecule has 0 aliphatic heterocycles. The molecule has 116 valence electrons. The summed E-state index contributed by atoms with van der Waals surface area (Å²) >= 11 is 1.23. The van der Waals surface area contributed by atoms with E-state index in [2.05, 4.69) is 15.5 Å². The minimum absolute atomic E-state index is 0.00119. The third kappa shape index (κ3) is 3.79. The zero-order chi connectivity index (χ0) is 15.4. The number of phenolic OH excluding ortho intramolecular Hbond substituents is 1. The maximum Gasteiger partial charge on any atom is 0.277 e. The van der Waals surface area contributed by atoms with Crippen molar-refractivity contribution in [2.75, 3.05) is 5.75 Å². The quantitative estimate of drug-likeness (QED) is 0.824. The van der Waals surface area contributed by atoms with Crippen molar-refractivity contribution >= 4 is 17.7 Å². The summed E-state index contributed by atoms with van der Waals surface area (Å²) in [5.41, 5.74) is 0.729. The number of benzene rings is 1. The molecule has 1 aliphatic carbocycles. The molecular formula is C15H17N3O3S. The van der Waals surface area contributed by atoms with E-state index in [1.54, 1.807) is 24.3 Å². The van der Waals surface area contributed by atoms with Gasteiger partial charge >= 0.3 is 0 Å². The van der Waals surface area contributed by atoms with Crippen LogP contribution in [0, 0.1) is 0 Å². The van der Waals surface area contributed by atoms with Gasteiger partial charge in [-0.2, -0.15) is 0 Å². The first-order chi connectivity index (χ1) is 10.7. The normalized spacial score (nSPS) is 15.1. The van der Waals surface area contributed by atoms with E-state index in [-0.39, 0.29) is 17.4 Å². The van der Waals surface area contributed by atoms with E-state index in [4.69, 9.17) is 4.42 Å². The van der Waals surface area contributed by atoms with Crippen LogP contribution in [0.25, 0.3) is 11.5 Å². The van der Waals surface area contributed by atoms with Gasteiger partial charge in [-0.05, 0) is 37.1 Å². The Morgan fingerprint density at radius 2 is 2.00 bits per heavy atom. The highest BCUT2D eigenvalue weighted by atomic mass is 32.2. The van der Waals surface area contributed by atoms with Gasteiger partial charge in [0.25, 0.3) is 5.22 Å². The van der Waals surface area contributed by atoms with E-state index in [0.717, 1.165) is 18.4 Å². The lowest BCUT2D eigenvalue weighted by atomic mass is 10.2. The smallest absolute Gasteiger partial charge is 0.277 e. The Labute approximate surface area is 132 Å². The number of rotatable bonds is 5. The van der Waals surface area contributed by atoms with Crippen molar-refractivity contribution in [2.45, 2.75) is 36.9 Å². The van der Waals surface area contributed by atoms with Crippen LogP contribution < -0.4 is 5.32 Å². The minimum Gasteiger partial charge on any atom is -0.508 e. The third-order valence-electron chi connectivity index (χ3n) is 3.57. The summed E-state index contributed by atoms with van der Waals surface area (Å²) in [7, 11) is 0. The van der Waals surface area contributed by atoms with Gasteiger partial charge in [-0.1, -0.05) is 24.6 Å². The Bertz CT molecular complexity index is 636. The van der Waals surface area contributed by atoms with E-state index in [0.29, 0.717) is 17.2 Å². The first-order valence-corrected chi connectivity index (χ1v) is 8.24. The van der Waals surface area contributed by atoms with Crippen molar-refractivity contribution in [3.8, 4) is 17.2 Å². The summed E-state index contributed by atoms with van der Waals surface area (Å²) < 4.78 is 5.51. The SMILES string of the molecule is O=C(CSc1nnc(-c2ccc(O)cc2)o1)NC1CCCC1. The number of nitrogens with one attached hydrogen (secondary N) is 1. The van der Waals surface area contributed by atoms with Crippen LogP contribution in [-0.2, 0) is 4.79 Å². The number of aromatic hydroxyl groups is 1. The number of hydrogen-bond acceptors (Lipinski definition) is 6. The van der Waals surface area contributed by atoms with Crippen molar-refractivity contribution in [1.29, 1.82) is 0 Å². The summed E-state index contributed by atoms with van der Waals surface area (Å²) in [6.45, 7) is 0. The van der Waals surface area contributed by atoms with Gasteiger partial charge in [-0.25, -0.2) is 0 Å². The van der Waals surface area contributed by atoms with Crippen molar-refractivity contribution in [2.24, 2.45) is 0 Å². The lowest BCUT2D eigenvalue weighted by Gasteiger charge is -2.10. The van der Waals surface area contributed by atoms with Crippen LogP contribution in [0.15, 0.2) is 33.9 Å². The first kappa shape index (κ1) is 14.9. The molecule has 3 rings (SSSR count). The summed E-state index contributed by atoms with van der Waals surface area (Å²) in [5, 5.41) is 20.5. The highest BCUT2D eigenvalue weighted by Crippen LogP contribution is 2.24. The predicted octanol–water partition coefficient (Wildman–Crippen LogP) is 2.59. The number of aromatic nitrogens is 2. The van der Waals surface area contributed by atoms with Crippen molar-refractivity contribution in [3.05, 3.63) is 24.3 Å². The average molecular weight is 319 g/mol. The molecule has 1 heterocycles. The van der Waals surface area contributed by atoms with Crippen LogP contribution in [0.4, 0.5) is 0 Å². The molecule has 0 atom stereocenters. The zero-order valence-electron chi connectivity index (χ0n) is 12.0. The van der Waals surface area contributed by atoms with Crippen LogP contribution in [0.2, 0.25) is 0 Å². The van der Waals surface area contributed by atoms with E-state index in [9.17, 15) is 9.90 Å². The highest BCUT2D eigenvalue weighted by Gasteiger charge is 2.18. The number of nitrogens with zero attached hydrogens (tertiary/aromatic N) is 2. The molecule has 1 aliphatic rings. The maximum absolute atomic E-state index is 11.8. The molecule has 1 aromatic carbocycles. The number of hydrogen-bond donors (Lipinski definition) is 2. The fourth-order valence-corrected chi connectivity index (χ4v) is 3.03. The Morgan fingerprint density at radius 1 is 1.27 bits per heavy atom. The molecule has 1 amide bonds. The molecule has 2 N–H and O–H groups in total. The molecule has 0 bridgehead atoms. The molecule has 0 unspecified atom stereocenters. The molecule has 1 aromatic heterocycles.